The third-order valence-electron chi connectivity index (χ3n) is 16.3. The highest BCUT2D eigenvalue weighted by Gasteiger charge is 2.20. The van der Waals surface area contributed by atoms with Gasteiger partial charge in [0.15, 0.2) is 5.82 Å². The molecule has 0 saturated heterocycles. The SMILES string of the molecule is Cc1ccc2c(c1)c1ccccc1n2-c1ccc2c(c1)c1cc(-n3c4ccccc4c4cc(C)ccc43)ccc1n2-c1ccc(-c2ccc(-c3ccc(-c4cc(-c5ccccc5C)nc(-c5ccccc5C)n4)cc3)cc2)cc1. The van der Waals surface area contributed by atoms with Gasteiger partial charge in [-0.25, -0.2) is 9.97 Å². The molecule has 5 heteroatoms. The molecule has 0 aliphatic rings. The van der Waals surface area contributed by atoms with Gasteiger partial charge in [0.2, 0.25) is 0 Å². The standard InChI is InChI=1S/C74H53N5/c1-46-21-37-70-62(41-46)60-17-9-11-19-68(60)78(70)56-35-39-72-64(43-56)65-44-57(79-69-20-12-10-18-61(69)63-42-47(2)22-38-71(63)79)36-40-73(65)77(72)55-33-31-53(32-34-55)51-25-23-50(24-26-51)52-27-29-54(30-28-52)66-45-67(58-15-7-5-13-48(58)3)76-74(75-66)59-16-8-6-14-49(59)4/h5-45H,1-4H3. The van der Waals surface area contributed by atoms with Crippen LogP contribution >= 0.6 is 0 Å². The zero-order valence-electron chi connectivity index (χ0n) is 44.4. The normalized spacial score (nSPS) is 11.8. The Bertz CT molecular complexity index is 4670. The Kier molecular flexibility index (Phi) is 10.7. The highest BCUT2D eigenvalue weighted by molar-refractivity contribution is 6.14. The van der Waals surface area contributed by atoms with Gasteiger partial charge in [0, 0.05) is 66.1 Å². The number of fused-ring (bicyclic) bond motifs is 9. The van der Waals surface area contributed by atoms with Gasteiger partial charge in [0.25, 0.3) is 0 Å². The lowest BCUT2D eigenvalue weighted by atomic mass is 9.98. The van der Waals surface area contributed by atoms with E-state index >= 15 is 0 Å². The van der Waals surface area contributed by atoms with Crippen LogP contribution in [-0.2, 0) is 0 Å². The third-order valence-corrected chi connectivity index (χ3v) is 16.3. The van der Waals surface area contributed by atoms with Crippen molar-refractivity contribution in [2.75, 3.05) is 0 Å². The fourth-order valence-corrected chi connectivity index (χ4v) is 12.3. The van der Waals surface area contributed by atoms with Gasteiger partial charge in [-0.05, 0) is 152 Å². The number of aromatic nitrogens is 5. The summed E-state index contributed by atoms with van der Waals surface area (Å²) in [4.78, 5) is 10.2. The van der Waals surface area contributed by atoms with Gasteiger partial charge in [0.05, 0.1) is 44.5 Å². The Balaban J connectivity index is 0.793. The van der Waals surface area contributed by atoms with Crippen molar-refractivity contribution in [2.24, 2.45) is 0 Å². The molecular formula is C74H53N5. The van der Waals surface area contributed by atoms with Gasteiger partial charge >= 0.3 is 0 Å². The predicted molar refractivity (Wildman–Crippen MR) is 331 cm³/mol. The van der Waals surface area contributed by atoms with Gasteiger partial charge < -0.3 is 13.7 Å². The highest BCUT2D eigenvalue weighted by Crippen LogP contribution is 2.41. The van der Waals surface area contributed by atoms with Gasteiger partial charge in [-0.1, -0.05) is 169 Å². The number of nitrogens with zero attached hydrogens (tertiary/aromatic N) is 5. The van der Waals surface area contributed by atoms with Gasteiger partial charge in [-0.3, -0.25) is 0 Å². The van der Waals surface area contributed by atoms with Crippen LogP contribution in [0.15, 0.2) is 249 Å². The number of hydrogen-bond acceptors (Lipinski definition) is 2. The Morgan fingerprint density at radius 2 is 0.608 bits per heavy atom. The van der Waals surface area contributed by atoms with Crippen molar-refractivity contribution >= 4 is 65.4 Å². The lowest BCUT2D eigenvalue weighted by molar-refractivity contribution is 1.16. The zero-order valence-corrected chi connectivity index (χ0v) is 44.4. The molecular weight excluding hydrogens is 959 g/mol. The topological polar surface area (TPSA) is 40.6 Å². The van der Waals surface area contributed by atoms with E-state index in [0.717, 1.165) is 84.3 Å². The highest BCUT2D eigenvalue weighted by atomic mass is 15.0. The molecule has 0 saturated carbocycles. The van der Waals surface area contributed by atoms with Gasteiger partial charge in [0.1, 0.15) is 0 Å². The summed E-state index contributed by atoms with van der Waals surface area (Å²) < 4.78 is 7.31. The predicted octanol–water partition coefficient (Wildman–Crippen LogP) is 19.3. The molecule has 15 rings (SSSR count). The van der Waals surface area contributed by atoms with Crippen LogP contribution in [0.25, 0.3) is 139 Å². The molecule has 0 spiro atoms. The Hall–Kier alpha value is -10.1. The van der Waals surface area contributed by atoms with Crippen molar-refractivity contribution in [1.82, 2.24) is 23.7 Å². The van der Waals surface area contributed by atoms with Crippen LogP contribution in [0, 0.1) is 27.7 Å². The van der Waals surface area contributed by atoms with Crippen molar-refractivity contribution in [3.05, 3.63) is 271 Å². The summed E-state index contributed by atoms with van der Waals surface area (Å²) in [5, 5.41) is 7.46. The Morgan fingerprint density at radius 1 is 0.253 bits per heavy atom. The van der Waals surface area contributed by atoms with E-state index in [9.17, 15) is 0 Å². The minimum absolute atomic E-state index is 0.733. The molecule has 0 fully saturated rings. The number of aryl methyl sites for hydroxylation is 4. The maximum atomic E-state index is 5.14. The van der Waals surface area contributed by atoms with Crippen molar-refractivity contribution in [2.45, 2.75) is 27.7 Å². The van der Waals surface area contributed by atoms with E-state index in [1.807, 2.05) is 0 Å². The molecule has 11 aromatic carbocycles. The van der Waals surface area contributed by atoms with Crippen LogP contribution in [0.3, 0.4) is 0 Å². The van der Waals surface area contributed by atoms with E-state index in [4.69, 9.17) is 9.97 Å². The molecule has 5 nitrogen and oxygen atoms in total. The van der Waals surface area contributed by atoms with Crippen LogP contribution < -0.4 is 0 Å². The first kappa shape index (κ1) is 46.2. The van der Waals surface area contributed by atoms with Crippen molar-refractivity contribution in [3.8, 4) is 73.2 Å². The first-order chi connectivity index (χ1) is 38.8. The number of hydrogen-bond donors (Lipinski definition) is 0. The molecule has 0 atom stereocenters. The second kappa shape index (κ2) is 18.3. The summed E-state index contributed by atoms with van der Waals surface area (Å²) in [7, 11) is 0. The average Bonchev–Trinajstić information content (AvgIpc) is 4.02. The van der Waals surface area contributed by atoms with E-state index < -0.39 is 0 Å². The van der Waals surface area contributed by atoms with E-state index in [0.29, 0.717) is 0 Å². The lowest BCUT2D eigenvalue weighted by Gasteiger charge is -2.13. The van der Waals surface area contributed by atoms with Crippen LogP contribution in [0.2, 0.25) is 0 Å². The molecule has 0 amide bonds. The van der Waals surface area contributed by atoms with Crippen LogP contribution in [-0.4, -0.2) is 23.7 Å². The average molecular weight is 1010 g/mol. The maximum Gasteiger partial charge on any atom is 0.160 e. The monoisotopic (exact) mass is 1010 g/mol. The van der Waals surface area contributed by atoms with Crippen LogP contribution in [0.5, 0.6) is 0 Å². The Labute approximate surface area is 458 Å². The molecule has 15 aromatic rings. The van der Waals surface area contributed by atoms with E-state index in [2.05, 4.69) is 290 Å². The number of rotatable bonds is 8. The molecule has 0 unspecified atom stereocenters. The summed E-state index contributed by atoms with van der Waals surface area (Å²) in [5.74, 6) is 0.733. The fraction of sp³-hybridized carbons (Fsp3) is 0.0541. The number of para-hydroxylation sites is 2. The smallest absolute Gasteiger partial charge is 0.160 e. The largest absolute Gasteiger partial charge is 0.309 e. The molecule has 374 valence electrons. The fourth-order valence-electron chi connectivity index (χ4n) is 12.3. The molecule has 0 aliphatic heterocycles. The van der Waals surface area contributed by atoms with Crippen LogP contribution in [0.1, 0.15) is 22.3 Å². The molecule has 79 heavy (non-hydrogen) atoms. The summed E-state index contributed by atoms with van der Waals surface area (Å²) in [6.45, 7) is 8.61. The minimum Gasteiger partial charge on any atom is -0.309 e. The molecule has 4 heterocycles. The van der Waals surface area contributed by atoms with E-state index in [1.165, 1.54) is 76.6 Å². The van der Waals surface area contributed by atoms with Crippen molar-refractivity contribution in [1.29, 1.82) is 0 Å². The van der Waals surface area contributed by atoms with Crippen molar-refractivity contribution in [3.63, 3.8) is 0 Å². The van der Waals surface area contributed by atoms with Gasteiger partial charge in [-0.2, -0.15) is 0 Å². The Morgan fingerprint density at radius 3 is 1.10 bits per heavy atom. The molecule has 0 radical (unpaired) electrons. The number of benzene rings is 11. The first-order valence-electron chi connectivity index (χ1n) is 27.2. The quantitative estimate of drug-likeness (QED) is 0.152. The van der Waals surface area contributed by atoms with Crippen LogP contribution in [0.4, 0.5) is 0 Å². The summed E-state index contributed by atoms with van der Waals surface area (Å²) >= 11 is 0. The second-order valence-corrected chi connectivity index (χ2v) is 21.3. The summed E-state index contributed by atoms with van der Waals surface area (Å²) in [5.41, 5.74) is 25.0. The molecule has 0 N–H and O–H groups in total. The summed E-state index contributed by atoms with van der Waals surface area (Å²) in [6, 6.07) is 90.9. The molecule has 0 bridgehead atoms. The molecule has 0 aliphatic carbocycles. The summed E-state index contributed by atoms with van der Waals surface area (Å²) in [6.07, 6.45) is 0. The van der Waals surface area contributed by atoms with E-state index in [-0.39, 0.29) is 0 Å². The van der Waals surface area contributed by atoms with E-state index in [1.54, 1.807) is 0 Å². The third kappa shape index (κ3) is 7.68. The lowest BCUT2D eigenvalue weighted by Crippen LogP contribution is -1.98. The molecule has 4 aromatic heterocycles. The van der Waals surface area contributed by atoms with Gasteiger partial charge in [-0.15, -0.1) is 0 Å². The second-order valence-electron chi connectivity index (χ2n) is 21.3. The first-order valence-corrected chi connectivity index (χ1v) is 27.2. The van der Waals surface area contributed by atoms with Crippen molar-refractivity contribution < 1.29 is 0 Å². The minimum atomic E-state index is 0.733. The maximum absolute atomic E-state index is 5.14. The zero-order chi connectivity index (χ0) is 52.9.